The topological polar surface area (TPSA) is 34.1 Å². The second-order valence-electron chi connectivity index (χ2n) is 3.46. The molecule has 1 aromatic carbocycles. The van der Waals surface area contributed by atoms with Gasteiger partial charge in [-0.2, -0.15) is 0 Å². The van der Waals surface area contributed by atoms with Gasteiger partial charge in [0.25, 0.3) is 0 Å². The molecule has 70 valence electrons. The first-order valence-electron chi connectivity index (χ1n) is 4.66. The van der Waals surface area contributed by atoms with Crippen molar-refractivity contribution in [3.8, 4) is 0 Å². The van der Waals surface area contributed by atoms with Crippen LogP contribution in [0.15, 0.2) is 30.3 Å². The van der Waals surface area contributed by atoms with Crippen LogP contribution >= 0.6 is 0 Å². The van der Waals surface area contributed by atoms with E-state index in [4.69, 9.17) is 0 Å². The molecule has 14 heavy (non-hydrogen) atoms. The van der Waals surface area contributed by atoms with Gasteiger partial charge in [-0.3, -0.25) is 0 Å². The van der Waals surface area contributed by atoms with E-state index in [0.717, 1.165) is 0 Å². The van der Waals surface area contributed by atoms with Crippen LogP contribution in [0.4, 0.5) is 0 Å². The van der Waals surface area contributed by atoms with Gasteiger partial charge in [0.1, 0.15) is 0 Å². The molecule has 0 atom stereocenters. The number of hydrogen-bond donors (Lipinski definition) is 0. The van der Waals surface area contributed by atoms with Crippen LogP contribution < -0.4 is 3.07 Å². The molecule has 0 heterocycles. The Labute approximate surface area is 96.1 Å². The van der Waals surface area contributed by atoms with E-state index in [-0.39, 0.29) is 15.0 Å². The number of Topliss-reactive ketones (excluding diaryl/α,β-unsaturated/α-hetero) is 2. The normalized spacial score (nSPS) is 9.64. The third kappa shape index (κ3) is 3.33. The Morgan fingerprint density at radius 3 is 2.00 bits per heavy atom. The molecule has 0 radical (unpaired) electrons. The molecule has 0 bridgehead atoms. The SMILES string of the molecule is CC(=O)[CH]([Hg][c]1ccccc1)C(C)=O. The number of ketones is 2. The minimum absolute atomic E-state index is 0.0445. The molecule has 0 unspecified atom stereocenters. The van der Waals surface area contributed by atoms with Gasteiger partial charge in [0.05, 0.1) is 0 Å². The van der Waals surface area contributed by atoms with Crippen molar-refractivity contribution >= 4 is 14.6 Å². The predicted molar refractivity (Wildman–Crippen MR) is 51.2 cm³/mol. The fraction of sp³-hybridized carbons (Fsp3) is 0.273. The molecular weight excluding hydrogens is 365 g/mol. The van der Waals surface area contributed by atoms with Crippen molar-refractivity contribution < 1.29 is 34.2 Å². The molecule has 0 aliphatic rings. The van der Waals surface area contributed by atoms with Crippen LogP contribution in [0.5, 0.6) is 0 Å². The molecule has 0 aliphatic carbocycles. The van der Waals surface area contributed by atoms with Crippen LogP contribution in [0.25, 0.3) is 0 Å². The van der Waals surface area contributed by atoms with Gasteiger partial charge in [0, 0.05) is 0 Å². The van der Waals surface area contributed by atoms with Gasteiger partial charge in [-0.15, -0.1) is 0 Å². The summed E-state index contributed by atoms with van der Waals surface area (Å²) < 4.78 is 1.00. The van der Waals surface area contributed by atoms with Crippen LogP contribution in [0.3, 0.4) is 0 Å². The standard InChI is InChI=1S/C6H5.C5H7O2.Hg/c1-2-4-6-5-3-1;1-4(6)3-5(2)7;/h1-5H;3H,1-2H3;. The van der Waals surface area contributed by atoms with E-state index in [2.05, 4.69) is 0 Å². The van der Waals surface area contributed by atoms with Crippen molar-refractivity contribution in [3.05, 3.63) is 30.3 Å². The molecule has 0 saturated carbocycles. The van der Waals surface area contributed by atoms with Crippen molar-refractivity contribution in [2.24, 2.45) is 0 Å². The van der Waals surface area contributed by atoms with Crippen molar-refractivity contribution in [1.29, 1.82) is 0 Å². The molecule has 2 nitrogen and oxygen atoms in total. The first-order chi connectivity index (χ1) is 6.61. The van der Waals surface area contributed by atoms with Gasteiger partial charge < -0.3 is 0 Å². The summed E-state index contributed by atoms with van der Waals surface area (Å²) in [6, 6.07) is 9.94. The molecule has 0 aliphatic heterocycles. The monoisotopic (exact) mass is 378 g/mol. The van der Waals surface area contributed by atoms with E-state index in [1.54, 1.807) is 0 Å². The van der Waals surface area contributed by atoms with Crippen LogP contribution in [-0.4, -0.2) is 11.6 Å². The van der Waals surface area contributed by atoms with E-state index >= 15 is 0 Å². The van der Waals surface area contributed by atoms with Crippen molar-refractivity contribution in [2.45, 2.75) is 17.3 Å². The van der Waals surface area contributed by atoms with E-state index < -0.39 is 24.6 Å². The second kappa shape index (κ2) is 5.39. The molecular formula is C11H12HgO2. The first-order valence-corrected chi connectivity index (χ1v) is 10.6. The zero-order valence-electron chi connectivity index (χ0n) is 8.49. The van der Waals surface area contributed by atoms with E-state index in [0.29, 0.717) is 0 Å². The van der Waals surface area contributed by atoms with E-state index in [1.807, 2.05) is 30.3 Å². The van der Waals surface area contributed by atoms with Crippen molar-refractivity contribution in [2.75, 3.05) is 0 Å². The summed E-state index contributed by atoms with van der Waals surface area (Å²) in [7, 11) is 0. The maximum absolute atomic E-state index is 11.2. The zero-order chi connectivity index (χ0) is 10.6. The quantitative estimate of drug-likeness (QED) is 0.587. The Morgan fingerprint density at radius 1 is 1.07 bits per heavy atom. The molecule has 0 fully saturated rings. The van der Waals surface area contributed by atoms with Crippen LogP contribution in [-0.2, 0) is 34.2 Å². The van der Waals surface area contributed by atoms with Gasteiger partial charge in [0.15, 0.2) is 0 Å². The summed E-state index contributed by atoms with van der Waals surface area (Å²) in [5, 5.41) is 0. The number of benzene rings is 1. The predicted octanol–water partition coefficient (Wildman–Crippen LogP) is 1.36. The number of carbonyl (C=O) groups excluding carboxylic acids is 2. The Kier molecular flexibility index (Phi) is 4.46. The summed E-state index contributed by atoms with van der Waals surface area (Å²) in [6.45, 7) is 3.05. The van der Waals surface area contributed by atoms with Crippen LogP contribution in [0, 0.1) is 0 Å². The van der Waals surface area contributed by atoms with Gasteiger partial charge >= 0.3 is 96.4 Å². The molecule has 3 heteroatoms. The van der Waals surface area contributed by atoms with Crippen LogP contribution in [0.1, 0.15) is 13.8 Å². The summed E-state index contributed by atoms with van der Waals surface area (Å²) >= 11 is -1.58. The first kappa shape index (κ1) is 11.6. The number of carbonyl (C=O) groups is 2. The molecule has 0 saturated heterocycles. The van der Waals surface area contributed by atoms with Gasteiger partial charge in [-0.25, -0.2) is 0 Å². The fourth-order valence-corrected chi connectivity index (χ4v) is 7.61. The molecule has 0 aromatic heterocycles. The molecule has 1 aromatic rings. The molecule has 0 amide bonds. The Balaban J connectivity index is 2.75. The Bertz CT molecular complexity index is 318. The average molecular weight is 377 g/mol. The van der Waals surface area contributed by atoms with Gasteiger partial charge in [-0.05, 0) is 0 Å². The minimum atomic E-state index is -1.58. The third-order valence-electron chi connectivity index (χ3n) is 2.26. The van der Waals surface area contributed by atoms with Gasteiger partial charge in [-0.1, -0.05) is 0 Å². The third-order valence-corrected chi connectivity index (χ3v) is 12.0. The van der Waals surface area contributed by atoms with Crippen LogP contribution in [0.2, 0.25) is 3.43 Å². The molecule has 0 spiro atoms. The second-order valence-corrected chi connectivity index (χ2v) is 11.4. The summed E-state index contributed by atoms with van der Waals surface area (Å²) in [5.41, 5.74) is 0. The van der Waals surface area contributed by atoms with Gasteiger partial charge in [0.2, 0.25) is 0 Å². The van der Waals surface area contributed by atoms with E-state index in [9.17, 15) is 9.59 Å². The summed E-state index contributed by atoms with van der Waals surface area (Å²) in [6.07, 6.45) is 0. The summed E-state index contributed by atoms with van der Waals surface area (Å²) in [4.78, 5) is 22.4. The Morgan fingerprint density at radius 2 is 1.57 bits per heavy atom. The van der Waals surface area contributed by atoms with E-state index in [1.165, 1.54) is 16.9 Å². The number of hydrogen-bond acceptors (Lipinski definition) is 2. The zero-order valence-corrected chi connectivity index (χ0v) is 14.0. The Hall–Kier alpha value is -0.505. The number of rotatable bonds is 4. The maximum atomic E-state index is 11.2. The molecule has 0 N–H and O–H groups in total. The molecule has 1 rings (SSSR count). The van der Waals surface area contributed by atoms with Crippen molar-refractivity contribution in [1.82, 2.24) is 0 Å². The average Bonchev–Trinajstić information content (AvgIpc) is 2.15. The van der Waals surface area contributed by atoms with Crippen molar-refractivity contribution in [3.63, 3.8) is 0 Å². The fourth-order valence-electron chi connectivity index (χ4n) is 1.42. The summed E-state index contributed by atoms with van der Waals surface area (Å²) in [5.74, 6) is 0.0889.